The highest BCUT2D eigenvalue weighted by molar-refractivity contribution is 5.81. The van der Waals surface area contributed by atoms with Crippen molar-refractivity contribution < 1.29 is 32.2 Å². The summed E-state index contributed by atoms with van der Waals surface area (Å²) in [5, 5.41) is 2.88. The molecule has 0 radical (unpaired) electrons. The topological polar surface area (TPSA) is 77.5 Å². The maximum absolute atomic E-state index is 12.5. The number of hydrogen-bond donors (Lipinski definition) is 1. The molecule has 6 nitrogen and oxygen atoms in total. The van der Waals surface area contributed by atoms with E-state index >= 15 is 0 Å². The first-order valence-corrected chi connectivity index (χ1v) is 8.92. The summed E-state index contributed by atoms with van der Waals surface area (Å²) in [4.78, 5) is 26.8. The highest BCUT2D eigenvalue weighted by Crippen LogP contribution is 2.30. The lowest BCUT2D eigenvalue weighted by molar-refractivity contribution is -0.144. The Hall–Kier alpha value is -2.32. The quantitative estimate of drug-likeness (QED) is 0.726. The number of nitrogens with one attached hydrogen (secondary N) is 1. The zero-order valence-electron chi connectivity index (χ0n) is 15.1. The van der Waals surface area contributed by atoms with E-state index in [0.717, 1.165) is 12.3 Å². The van der Waals surface area contributed by atoms with E-state index in [1.165, 1.54) is 6.07 Å². The molecular weight excluding hydrogens is 365 g/mol. The minimum atomic E-state index is -4.42. The van der Waals surface area contributed by atoms with Crippen molar-refractivity contribution in [3.63, 3.8) is 0 Å². The zero-order valence-corrected chi connectivity index (χ0v) is 15.1. The van der Waals surface area contributed by atoms with E-state index in [1.807, 2.05) is 0 Å². The molecule has 0 aliphatic heterocycles. The van der Waals surface area contributed by atoms with Crippen molar-refractivity contribution in [2.75, 3.05) is 6.61 Å². The molecule has 0 aromatic carbocycles. The van der Waals surface area contributed by atoms with Crippen LogP contribution in [0, 0.1) is 0 Å². The van der Waals surface area contributed by atoms with Crippen molar-refractivity contribution in [2.24, 2.45) is 0 Å². The first kappa shape index (κ1) is 21.0. The van der Waals surface area contributed by atoms with Crippen molar-refractivity contribution in [2.45, 2.75) is 63.8 Å². The lowest BCUT2D eigenvalue weighted by atomic mass is 9.93. The van der Waals surface area contributed by atoms with Gasteiger partial charge >= 0.3 is 12.1 Å². The van der Waals surface area contributed by atoms with Crippen LogP contribution in [0.4, 0.5) is 13.2 Å². The van der Waals surface area contributed by atoms with Crippen LogP contribution >= 0.6 is 0 Å². The molecule has 0 atom stereocenters. The first-order valence-electron chi connectivity index (χ1n) is 8.92. The average molecular weight is 388 g/mol. The molecule has 1 aromatic heterocycles. The van der Waals surface area contributed by atoms with Gasteiger partial charge in [-0.05, 0) is 38.7 Å². The van der Waals surface area contributed by atoms with Gasteiger partial charge in [0.2, 0.25) is 11.8 Å². The number of halogens is 3. The third-order valence-electron chi connectivity index (χ3n) is 4.25. The second-order valence-electron chi connectivity index (χ2n) is 6.35. The standard InChI is InChI=1S/C18H23F3N2O4/c1-2-26-17(25)10-8-15(24)23-13-4-6-14(7-5-13)27-16-9-3-12(11-22-16)18(19,20)21/h3,9,11,13-14H,2,4-8,10H2,1H3,(H,23,24). The molecule has 1 amide bonds. The van der Waals surface area contributed by atoms with Crippen molar-refractivity contribution in [1.82, 2.24) is 10.3 Å². The van der Waals surface area contributed by atoms with Gasteiger partial charge in [0.05, 0.1) is 18.6 Å². The number of carbonyl (C=O) groups is 2. The lowest BCUT2D eigenvalue weighted by Gasteiger charge is -2.29. The smallest absolute Gasteiger partial charge is 0.417 e. The summed E-state index contributed by atoms with van der Waals surface area (Å²) in [6.45, 7) is 2.00. The molecule has 1 aliphatic carbocycles. The second kappa shape index (κ2) is 9.57. The minimum absolute atomic E-state index is 0.000102. The predicted octanol–water partition coefficient (Wildman–Crippen LogP) is 3.25. The Morgan fingerprint density at radius 3 is 2.44 bits per heavy atom. The van der Waals surface area contributed by atoms with Gasteiger partial charge in [0.25, 0.3) is 0 Å². The molecule has 27 heavy (non-hydrogen) atoms. The van der Waals surface area contributed by atoms with Gasteiger partial charge in [-0.1, -0.05) is 0 Å². The van der Waals surface area contributed by atoms with Crippen LogP contribution in [0.2, 0.25) is 0 Å². The summed E-state index contributed by atoms with van der Waals surface area (Å²) in [6.07, 6.45) is -0.978. The monoisotopic (exact) mass is 388 g/mol. The summed E-state index contributed by atoms with van der Waals surface area (Å²) in [6, 6.07) is 2.16. The van der Waals surface area contributed by atoms with E-state index in [0.29, 0.717) is 25.7 Å². The predicted molar refractivity (Wildman–Crippen MR) is 89.9 cm³/mol. The summed E-state index contributed by atoms with van der Waals surface area (Å²) < 4.78 is 48.0. The number of rotatable bonds is 7. The van der Waals surface area contributed by atoms with E-state index in [1.54, 1.807) is 6.92 Å². The summed E-state index contributed by atoms with van der Waals surface area (Å²) in [5.74, 6) is -0.435. The van der Waals surface area contributed by atoms with Crippen molar-refractivity contribution in [3.05, 3.63) is 23.9 Å². The zero-order chi connectivity index (χ0) is 19.9. The van der Waals surface area contributed by atoms with Gasteiger partial charge in [0.15, 0.2) is 0 Å². The fourth-order valence-corrected chi connectivity index (χ4v) is 2.86. The van der Waals surface area contributed by atoms with Gasteiger partial charge in [-0.15, -0.1) is 0 Å². The highest BCUT2D eigenvalue weighted by atomic mass is 19.4. The van der Waals surface area contributed by atoms with E-state index in [-0.39, 0.29) is 43.4 Å². The molecule has 2 rings (SSSR count). The Labute approximate surface area is 155 Å². The molecule has 1 fully saturated rings. The van der Waals surface area contributed by atoms with Crippen LogP contribution in [0.15, 0.2) is 18.3 Å². The van der Waals surface area contributed by atoms with Crippen LogP contribution in [-0.4, -0.2) is 35.6 Å². The number of amides is 1. The third kappa shape index (κ3) is 7.07. The number of hydrogen-bond acceptors (Lipinski definition) is 5. The summed E-state index contributed by atoms with van der Waals surface area (Å²) >= 11 is 0. The van der Waals surface area contributed by atoms with Crippen LogP contribution in [-0.2, 0) is 20.5 Å². The Bertz CT molecular complexity index is 626. The van der Waals surface area contributed by atoms with E-state index < -0.39 is 17.7 Å². The fourth-order valence-electron chi connectivity index (χ4n) is 2.86. The number of aromatic nitrogens is 1. The number of alkyl halides is 3. The van der Waals surface area contributed by atoms with Crippen LogP contribution in [0.25, 0.3) is 0 Å². The summed E-state index contributed by atoms with van der Waals surface area (Å²) in [7, 11) is 0. The number of nitrogens with zero attached hydrogens (tertiary/aromatic N) is 1. The van der Waals surface area contributed by atoms with Gasteiger partial charge in [-0.25, -0.2) is 4.98 Å². The summed E-state index contributed by atoms with van der Waals surface area (Å²) in [5.41, 5.74) is -0.816. The SMILES string of the molecule is CCOC(=O)CCC(=O)NC1CCC(Oc2ccc(C(F)(F)F)cn2)CC1. The first-order chi connectivity index (χ1) is 12.8. The van der Waals surface area contributed by atoms with Gasteiger partial charge in [-0.3, -0.25) is 9.59 Å². The molecule has 9 heteroatoms. The number of pyridine rings is 1. The molecule has 0 unspecified atom stereocenters. The molecule has 1 N–H and O–H groups in total. The van der Waals surface area contributed by atoms with E-state index in [9.17, 15) is 22.8 Å². The molecule has 0 spiro atoms. The third-order valence-corrected chi connectivity index (χ3v) is 4.25. The van der Waals surface area contributed by atoms with Gasteiger partial charge in [0.1, 0.15) is 6.10 Å². The molecular formula is C18H23F3N2O4. The Kier molecular flexibility index (Phi) is 7.44. The number of carbonyl (C=O) groups excluding carboxylic acids is 2. The molecule has 1 heterocycles. The Balaban J connectivity index is 1.70. The lowest BCUT2D eigenvalue weighted by Crippen LogP contribution is -2.39. The average Bonchev–Trinajstić information content (AvgIpc) is 2.62. The maximum atomic E-state index is 12.5. The fraction of sp³-hybridized carbons (Fsp3) is 0.611. The normalized spacial score (nSPS) is 20.0. The Morgan fingerprint density at radius 1 is 1.19 bits per heavy atom. The largest absolute Gasteiger partial charge is 0.474 e. The van der Waals surface area contributed by atoms with Crippen molar-refractivity contribution in [1.29, 1.82) is 0 Å². The molecule has 1 aliphatic rings. The molecule has 0 saturated heterocycles. The highest BCUT2D eigenvalue weighted by Gasteiger charge is 2.31. The van der Waals surface area contributed by atoms with E-state index in [2.05, 4.69) is 10.3 Å². The molecule has 150 valence electrons. The molecule has 1 aromatic rings. The molecule has 1 saturated carbocycles. The van der Waals surface area contributed by atoms with Crippen molar-refractivity contribution in [3.8, 4) is 5.88 Å². The Morgan fingerprint density at radius 2 is 1.89 bits per heavy atom. The number of esters is 1. The minimum Gasteiger partial charge on any atom is -0.474 e. The second-order valence-corrected chi connectivity index (χ2v) is 6.35. The molecule has 0 bridgehead atoms. The van der Waals surface area contributed by atoms with Gasteiger partial charge in [-0.2, -0.15) is 13.2 Å². The van der Waals surface area contributed by atoms with Crippen LogP contribution < -0.4 is 10.1 Å². The van der Waals surface area contributed by atoms with Crippen LogP contribution in [0.3, 0.4) is 0 Å². The van der Waals surface area contributed by atoms with Gasteiger partial charge in [0, 0.05) is 24.7 Å². The van der Waals surface area contributed by atoms with Crippen LogP contribution in [0.5, 0.6) is 5.88 Å². The number of ether oxygens (including phenoxy) is 2. The maximum Gasteiger partial charge on any atom is 0.417 e. The van der Waals surface area contributed by atoms with Gasteiger partial charge < -0.3 is 14.8 Å². The van der Waals surface area contributed by atoms with Crippen molar-refractivity contribution >= 4 is 11.9 Å². The van der Waals surface area contributed by atoms with Crippen LogP contribution in [0.1, 0.15) is 51.0 Å². The van der Waals surface area contributed by atoms with E-state index in [4.69, 9.17) is 9.47 Å².